The van der Waals surface area contributed by atoms with Crippen molar-refractivity contribution in [2.45, 2.75) is 20.8 Å². The van der Waals surface area contributed by atoms with Crippen LogP contribution >= 0.6 is 0 Å². The van der Waals surface area contributed by atoms with E-state index in [0.29, 0.717) is 11.1 Å². The Morgan fingerprint density at radius 2 is 1.65 bits per heavy atom. The molecule has 0 radical (unpaired) electrons. The zero-order valence-electron chi connectivity index (χ0n) is 11.9. The fourth-order valence-corrected chi connectivity index (χ4v) is 1.69. The average molecular weight is 282 g/mol. The van der Waals surface area contributed by atoms with Crippen molar-refractivity contribution < 1.29 is 28.6 Å². The predicted molar refractivity (Wildman–Crippen MR) is 69.9 cm³/mol. The molecule has 0 aromatic rings. The molecule has 0 aromatic heterocycles. The van der Waals surface area contributed by atoms with E-state index in [2.05, 4.69) is 0 Å². The highest BCUT2D eigenvalue weighted by Crippen LogP contribution is 2.19. The van der Waals surface area contributed by atoms with E-state index >= 15 is 0 Å². The van der Waals surface area contributed by atoms with Crippen LogP contribution in [0.2, 0.25) is 0 Å². The summed E-state index contributed by atoms with van der Waals surface area (Å²) >= 11 is 0. The van der Waals surface area contributed by atoms with Crippen molar-refractivity contribution in [3.8, 4) is 0 Å². The van der Waals surface area contributed by atoms with E-state index < -0.39 is 11.9 Å². The standard InChI is InChI=1S/C14H18O6/c1-4-19-13(16)11(14(17)20-5-2)6-10-7-18-8-12(10)9(3)15/h6H,4-5,7-8H2,1-3H3. The maximum Gasteiger partial charge on any atom is 0.345 e. The molecular weight excluding hydrogens is 264 g/mol. The fourth-order valence-electron chi connectivity index (χ4n) is 1.69. The summed E-state index contributed by atoms with van der Waals surface area (Å²) in [7, 11) is 0. The van der Waals surface area contributed by atoms with E-state index in [-0.39, 0.29) is 37.8 Å². The Labute approximate surface area is 117 Å². The molecule has 20 heavy (non-hydrogen) atoms. The summed E-state index contributed by atoms with van der Waals surface area (Å²) in [4.78, 5) is 35.0. The molecule has 110 valence electrons. The Bertz CT molecular complexity index is 452. The monoisotopic (exact) mass is 282 g/mol. The molecular formula is C14H18O6. The van der Waals surface area contributed by atoms with Gasteiger partial charge in [-0.2, -0.15) is 0 Å². The van der Waals surface area contributed by atoms with Crippen molar-refractivity contribution in [1.82, 2.24) is 0 Å². The van der Waals surface area contributed by atoms with Gasteiger partial charge in [0.2, 0.25) is 0 Å². The number of ketones is 1. The van der Waals surface area contributed by atoms with Crippen LogP contribution in [0.25, 0.3) is 0 Å². The summed E-state index contributed by atoms with van der Waals surface area (Å²) in [6, 6.07) is 0. The number of Topliss-reactive ketones (excluding diaryl/α,β-unsaturated/α-hetero) is 1. The molecule has 1 aliphatic rings. The molecule has 0 saturated carbocycles. The second kappa shape index (κ2) is 7.59. The summed E-state index contributed by atoms with van der Waals surface area (Å²) in [6.07, 6.45) is 1.32. The Balaban J connectivity index is 3.12. The number of ether oxygens (including phenoxy) is 3. The van der Waals surface area contributed by atoms with Gasteiger partial charge in [-0.05, 0) is 32.4 Å². The molecule has 1 rings (SSSR count). The minimum atomic E-state index is -0.770. The largest absolute Gasteiger partial charge is 0.462 e. The molecule has 6 heteroatoms. The Hall–Kier alpha value is -1.95. The van der Waals surface area contributed by atoms with Gasteiger partial charge in [0.1, 0.15) is 5.57 Å². The van der Waals surface area contributed by atoms with Crippen molar-refractivity contribution in [1.29, 1.82) is 0 Å². The van der Waals surface area contributed by atoms with Gasteiger partial charge in [0, 0.05) is 5.57 Å². The van der Waals surface area contributed by atoms with Crippen LogP contribution in [0.15, 0.2) is 22.8 Å². The smallest absolute Gasteiger partial charge is 0.345 e. The van der Waals surface area contributed by atoms with Crippen LogP contribution in [0.5, 0.6) is 0 Å². The summed E-state index contributed by atoms with van der Waals surface area (Å²) in [5, 5.41) is 0. The third kappa shape index (κ3) is 4.03. The van der Waals surface area contributed by atoms with Gasteiger partial charge in [-0.25, -0.2) is 9.59 Å². The summed E-state index contributed by atoms with van der Waals surface area (Å²) in [5.41, 5.74) is 0.734. The predicted octanol–water partition coefficient (Wildman–Crippen LogP) is 0.955. The van der Waals surface area contributed by atoms with Crippen molar-refractivity contribution >= 4 is 17.7 Å². The highest BCUT2D eigenvalue weighted by Gasteiger charge is 2.24. The van der Waals surface area contributed by atoms with Crippen LogP contribution in [0, 0.1) is 0 Å². The lowest BCUT2D eigenvalue weighted by Crippen LogP contribution is -2.19. The quantitative estimate of drug-likeness (QED) is 0.312. The van der Waals surface area contributed by atoms with Gasteiger partial charge < -0.3 is 14.2 Å². The normalized spacial score (nSPS) is 13.9. The third-order valence-electron chi connectivity index (χ3n) is 2.63. The van der Waals surface area contributed by atoms with Crippen molar-refractivity contribution in [3.63, 3.8) is 0 Å². The van der Waals surface area contributed by atoms with Gasteiger partial charge in [-0.3, -0.25) is 4.79 Å². The summed E-state index contributed by atoms with van der Waals surface area (Å²) in [5.74, 6) is -1.69. The zero-order valence-corrected chi connectivity index (χ0v) is 11.9. The van der Waals surface area contributed by atoms with E-state index in [1.165, 1.54) is 13.0 Å². The minimum absolute atomic E-state index is 0.144. The molecule has 0 fully saturated rings. The fraction of sp³-hybridized carbons (Fsp3) is 0.500. The van der Waals surface area contributed by atoms with Gasteiger partial charge in [-0.15, -0.1) is 0 Å². The van der Waals surface area contributed by atoms with Crippen LogP contribution in [0.3, 0.4) is 0 Å². The van der Waals surface area contributed by atoms with Gasteiger partial charge in [0.15, 0.2) is 5.78 Å². The molecule has 0 saturated heterocycles. The second-order valence-corrected chi connectivity index (χ2v) is 4.05. The molecule has 0 unspecified atom stereocenters. The van der Waals surface area contributed by atoms with Gasteiger partial charge in [-0.1, -0.05) is 0 Å². The van der Waals surface area contributed by atoms with Crippen LogP contribution in [0.1, 0.15) is 20.8 Å². The van der Waals surface area contributed by atoms with Crippen molar-refractivity contribution in [3.05, 3.63) is 22.8 Å². The van der Waals surface area contributed by atoms with E-state index in [1.54, 1.807) is 13.8 Å². The van der Waals surface area contributed by atoms with E-state index in [0.717, 1.165) is 0 Å². The van der Waals surface area contributed by atoms with Crippen LogP contribution in [-0.4, -0.2) is 44.1 Å². The number of hydrogen-bond donors (Lipinski definition) is 0. The third-order valence-corrected chi connectivity index (χ3v) is 2.63. The zero-order chi connectivity index (χ0) is 15.1. The Kier molecular flexibility index (Phi) is 6.11. The number of esters is 2. The molecule has 1 heterocycles. The lowest BCUT2D eigenvalue weighted by atomic mass is 10.1. The number of hydrogen-bond acceptors (Lipinski definition) is 6. The topological polar surface area (TPSA) is 78.9 Å². The molecule has 0 bridgehead atoms. The Morgan fingerprint density at radius 1 is 1.10 bits per heavy atom. The minimum Gasteiger partial charge on any atom is -0.462 e. The lowest BCUT2D eigenvalue weighted by Gasteiger charge is -2.07. The highest BCUT2D eigenvalue weighted by molar-refractivity contribution is 6.14. The molecule has 0 atom stereocenters. The number of rotatable bonds is 6. The molecule has 0 aromatic carbocycles. The molecule has 0 aliphatic carbocycles. The molecule has 0 spiro atoms. The van der Waals surface area contributed by atoms with Crippen LogP contribution in [-0.2, 0) is 28.6 Å². The SMILES string of the molecule is CCOC(=O)C(=CC1=C(C(C)=O)COC1)C(=O)OCC. The Morgan fingerprint density at radius 3 is 2.10 bits per heavy atom. The van der Waals surface area contributed by atoms with E-state index in [9.17, 15) is 14.4 Å². The molecule has 6 nitrogen and oxygen atoms in total. The first-order chi connectivity index (χ1) is 9.51. The maximum atomic E-state index is 11.8. The first kappa shape index (κ1) is 16.1. The van der Waals surface area contributed by atoms with Crippen LogP contribution in [0.4, 0.5) is 0 Å². The number of carbonyl (C=O) groups excluding carboxylic acids is 3. The number of carbonyl (C=O) groups is 3. The van der Waals surface area contributed by atoms with Gasteiger partial charge in [0.25, 0.3) is 0 Å². The van der Waals surface area contributed by atoms with Gasteiger partial charge >= 0.3 is 11.9 Å². The van der Waals surface area contributed by atoms with Gasteiger partial charge in [0.05, 0.1) is 26.4 Å². The molecule has 0 amide bonds. The van der Waals surface area contributed by atoms with Crippen LogP contribution < -0.4 is 0 Å². The summed E-state index contributed by atoms with van der Waals surface area (Å²) in [6.45, 7) is 5.33. The van der Waals surface area contributed by atoms with E-state index in [4.69, 9.17) is 14.2 Å². The first-order valence-electron chi connectivity index (χ1n) is 6.37. The van der Waals surface area contributed by atoms with Crippen molar-refractivity contribution in [2.75, 3.05) is 26.4 Å². The first-order valence-corrected chi connectivity index (χ1v) is 6.37. The van der Waals surface area contributed by atoms with E-state index in [1.807, 2.05) is 0 Å². The lowest BCUT2D eigenvalue weighted by molar-refractivity contribution is -0.146. The average Bonchev–Trinajstić information content (AvgIpc) is 2.84. The second-order valence-electron chi connectivity index (χ2n) is 4.05. The molecule has 0 N–H and O–H groups in total. The van der Waals surface area contributed by atoms with Crippen molar-refractivity contribution in [2.24, 2.45) is 0 Å². The highest BCUT2D eigenvalue weighted by atomic mass is 16.6. The summed E-state index contributed by atoms with van der Waals surface area (Å²) < 4.78 is 14.8. The molecule has 1 aliphatic heterocycles. The maximum absolute atomic E-state index is 11.8.